The summed E-state index contributed by atoms with van der Waals surface area (Å²) < 4.78 is 26.4. The number of aliphatic carboxylic acids is 1. The molecule has 0 heterocycles. The van der Waals surface area contributed by atoms with Gasteiger partial charge in [0.2, 0.25) is 5.67 Å². The van der Waals surface area contributed by atoms with Gasteiger partial charge < -0.3 is 5.11 Å². The zero-order valence-electron chi connectivity index (χ0n) is 8.34. The molecule has 1 aromatic carbocycles. The lowest BCUT2D eigenvalue weighted by atomic mass is 9.98. The Hall–Kier alpha value is -1.45. The van der Waals surface area contributed by atoms with Crippen molar-refractivity contribution < 1.29 is 18.7 Å². The van der Waals surface area contributed by atoms with E-state index in [1.54, 1.807) is 6.07 Å². The number of hydrogen-bond donors (Lipinski definition) is 1. The van der Waals surface area contributed by atoms with Crippen LogP contribution in [-0.2, 0) is 11.2 Å². The predicted octanol–water partition coefficient (Wildman–Crippen LogP) is 2.57. The van der Waals surface area contributed by atoms with Gasteiger partial charge in [-0.2, -0.15) is 0 Å². The van der Waals surface area contributed by atoms with Crippen molar-refractivity contribution in [2.24, 2.45) is 0 Å². The molecule has 1 N–H and O–H groups in total. The third-order valence-electron chi connectivity index (χ3n) is 2.27. The summed E-state index contributed by atoms with van der Waals surface area (Å²) in [6.45, 7) is 0.982. The predicted molar refractivity (Wildman–Crippen MR) is 51.9 cm³/mol. The third kappa shape index (κ3) is 3.01. The molecule has 0 aliphatic heterocycles. The highest BCUT2D eigenvalue weighted by Gasteiger charge is 2.32. The second kappa shape index (κ2) is 4.38. The smallest absolute Gasteiger partial charge is 0.341 e. The van der Waals surface area contributed by atoms with E-state index >= 15 is 0 Å². The van der Waals surface area contributed by atoms with Gasteiger partial charge >= 0.3 is 5.97 Å². The SMILES string of the molecule is CC(F)(CCc1ccccc1F)C(=O)O. The normalized spacial score (nSPS) is 14.6. The first kappa shape index (κ1) is 11.6. The molecule has 15 heavy (non-hydrogen) atoms. The molecular formula is C11H12F2O2. The molecule has 0 amide bonds. The molecule has 82 valence electrons. The Morgan fingerprint density at radius 3 is 2.60 bits per heavy atom. The topological polar surface area (TPSA) is 37.3 Å². The van der Waals surface area contributed by atoms with Gasteiger partial charge in [0, 0.05) is 0 Å². The largest absolute Gasteiger partial charge is 0.479 e. The van der Waals surface area contributed by atoms with Crippen LogP contribution in [0.3, 0.4) is 0 Å². The molecule has 0 radical (unpaired) electrons. The maximum absolute atomic E-state index is 13.3. The van der Waals surface area contributed by atoms with E-state index in [1.807, 2.05) is 0 Å². The van der Waals surface area contributed by atoms with Gasteiger partial charge in [-0.05, 0) is 31.4 Å². The molecule has 1 unspecified atom stereocenters. The van der Waals surface area contributed by atoms with Crippen molar-refractivity contribution in [3.05, 3.63) is 35.6 Å². The van der Waals surface area contributed by atoms with E-state index in [9.17, 15) is 13.6 Å². The molecule has 1 rings (SSSR count). The van der Waals surface area contributed by atoms with Crippen LogP contribution in [0.4, 0.5) is 8.78 Å². The summed E-state index contributed by atoms with van der Waals surface area (Å²) >= 11 is 0. The molecule has 1 aromatic rings. The first-order valence-electron chi connectivity index (χ1n) is 4.59. The molecular weight excluding hydrogens is 202 g/mol. The van der Waals surface area contributed by atoms with E-state index in [4.69, 9.17) is 5.11 Å². The molecule has 0 aromatic heterocycles. The number of carboxylic acids is 1. The lowest BCUT2D eigenvalue weighted by Crippen LogP contribution is -2.30. The Kier molecular flexibility index (Phi) is 3.39. The van der Waals surface area contributed by atoms with Crippen molar-refractivity contribution in [1.82, 2.24) is 0 Å². The Bertz CT molecular complexity index is 361. The number of hydrogen-bond acceptors (Lipinski definition) is 1. The van der Waals surface area contributed by atoms with Gasteiger partial charge in [-0.15, -0.1) is 0 Å². The second-order valence-electron chi connectivity index (χ2n) is 3.59. The van der Waals surface area contributed by atoms with Crippen LogP contribution in [0.2, 0.25) is 0 Å². The minimum Gasteiger partial charge on any atom is -0.479 e. The molecule has 0 saturated carbocycles. The van der Waals surface area contributed by atoms with Crippen LogP contribution in [0.25, 0.3) is 0 Å². The van der Waals surface area contributed by atoms with Crippen molar-refractivity contribution >= 4 is 5.97 Å². The standard InChI is InChI=1S/C11H12F2O2/c1-11(13,10(14)15)7-6-8-4-2-3-5-9(8)12/h2-5H,6-7H2,1H3,(H,14,15). The van der Waals surface area contributed by atoms with Gasteiger partial charge in [0.05, 0.1) is 0 Å². The molecule has 4 heteroatoms. The first-order chi connectivity index (χ1) is 6.93. The van der Waals surface area contributed by atoms with E-state index in [-0.39, 0.29) is 12.8 Å². The van der Waals surface area contributed by atoms with Crippen molar-refractivity contribution in [1.29, 1.82) is 0 Å². The van der Waals surface area contributed by atoms with Crippen LogP contribution >= 0.6 is 0 Å². The van der Waals surface area contributed by atoms with Crippen molar-refractivity contribution in [3.8, 4) is 0 Å². The zero-order chi connectivity index (χ0) is 11.5. The molecule has 0 aliphatic carbocycles. The Morgan fingerprint density at radius 2 is 2.07 bits per heavy atom. The van der Waals surface area contributed by atoms with Crippen LogP contribution in [0.15, 0.2) is 24.3 Å². The number of aryl methyl sites for hydroxylation is 1. The van der Waals surface area contributed by atoms with Crippen molar-refractivity contribution in [2.45, 2.75) is 25.4 Å². The summed E-state index contributed by atoms with van der Waals surface area (Å²) in [5.41, 5.74) is -1.97. The van der Waals surface area contributed by atoms with E-state index in [0.717, 1.165) is 6.92 Å². The number of halogens is 2. The number of carbonyl (C=O) groups is 1. The highest BCUT2D eigenvalue weighted by atomic mass is 19.1. The number of rotatable bonds is 4. The molecule has 2 nitrogen and oxygen atoms in total. The third-order valence-corrected chi connectivity index (χ3v) is 2.27. The molecule has 0 saturated heterocycles. The quantitative estimate of drug-likeness (QED) is 0.836. The van der Waals surface area contributed by atoms with Gasteiger partial charge in [-0.1, -0.05) is 18.2 Å². The fraction of sp³-hybridized carbons (Fsp3) is 0.364. The Labute approximate surface area is 86.5 Å². The number of carboxylic acid groups (broad SMARTS) is 1. The van der Waals surface area contributed by atoms with Crippen LogP contribution in [0.5, 0.6) is 0 Å². The average Bonchev–Trinajstić information content (AvgIpc) is 2.16. The van der Waals surface area contributed by atoms with Crippen LogP contribution in [-0.4, -0.2) is 16.7 Å². The van der Waals surface area contributed by atoms with Crippen molar-refractivity contribution in [2.75, 3.05) is 0 Å². The van der Waals surface area contributed by atoms with E-state index in [1.165, 1.54) is 18.2 Å². The van der Waals surface area contributed by atoms with Gasteiger partial charge in [0.25, 0.3) is 0 Å². The lowest BCUT2D eigenvalue weighted by Gasteiger charge is -2.14. The van der Waals surface area contributed by atoms with E-state index in [0.29, 0.717) is 5.56 Å². The molecule has 0 bridgehead atoms. The Morgan fingerprint density at radius 1 is 1.47 bits per heavy atom. The van der Waals surface area contributed by atoms with E-state index in [2.05, 4.69) is 0 Å². The summed E-state index contributed by atoms with van der Waals surface area (Å²) in [6, 6.07) is 5.96. The molecule has 0 spiro atoms. The van der Waals surface area contributed by atoms with Crippen molar-refractivity contribution in [3.63, 3.8) is 0 Å². The Balaban J connectivity index is 2.66. The molecule has 0 aliphatic rings. The fourth-order valence-corrected chi connectivity index (χ4v) is 1.18. The number of benzene rings is 1. The highest BCUT2D eigenvalue weighted by molar-refractivity contribution is 5.76. The lowest BCUT2D eigenvalue weighted by molar-refractivity contribution is -0.150. The summed E-state index contributed by atoms with van der Waals surface area (Å²) in [5, 5.41) is 8.52. The minimum absolute atomic E-state index is 0.0754. The minimum atomic E-state index is -2.30. The van der Waals surface area contributed by atoms with Gasteiger partial charge in [-0.3, -0.25) is 0 Å². The summed E-state index contributed by atoms with van der Waals surface area (Å²) in [7, 11) is 0. The van der Waals surface area contributed by atoms with Crippen LogP contribution in [0, 0.1) is 5.82 Å². The second-order valence-corrected chi connectivity index (χ2v) is 3.59. The summed E-state index contributed by atoms with van der Waals surface area (Å²) in [6.07, 6.45) is -0.157. The summed E-state index contributed by atoms with van der Waals surface area (Å²) in [5.74, 6) is -1.95. The van der Waals surface area contributed by atoms with Gasteiger partial charge in [-0.25, -0.2) is 13.6 Å². The van der Waals surface area contributed by atoms with Crippen LogP contribution in [0.1, 0.15) is 18.9 Å². The monoisotopic (exact) mass is 214 g/mol. The maximum atomic E-state index is 13.3. The zero-order valence-corrected chi connectivity index (χ0v) is 8.34. The summed E-state index contributed by atoms with van der Waals surface area (Å²) in [4.78, 5) is 10.5. The highest BCUT2D eigenvalue weighted by Crippen LogP contribution is 2.20. The number of alkyl halides is 1. The van der Waals surface area contributed by atoms with E-state index < -0.39 is 17.5 Å². The first-order valence-corrected chi connectivity index (χ1v) is 4.59. The fourth-order valence-electron chi connectivity index (χ4n) is 1.18. The van der Waals surface area contributed by atoms with Crippen LogP contribution < -0.4 is 0 Å². The van der Waals surface area contributed by atoms with Gasteiger partial charge in [0.15, 0.2) is 0 Å². The average molecular weight is 214 g/mol. The van der Waals surface area contributed by atoms with Gasteiger partial charge in [0.1, 0.15) is 5.82 Å². The molecule has 0 fully saturated rings. The molecule has 1 atom stereocenters. The maximum Gasteiger partial charge on any atom is 0.341 e.